The number of nitro groups is 1. The molecular weight excluding hydrogens is 302 g/mol. The number of nitrogens with one attached hydrogen (secondary N) is 1. The number of nitrogens with zero attached hydrogens (tertiary/aromatic N) is 2. The van der Waals surface area contributed by atoms with Crippen molar-refractivity contribution < 1.29 is 19.6 Å². The highest BCUT2D eigenvalue weighted by molar-refractivity contribution is 5.89. The molecule has 0 fully saturated rings. The monoisotopic (exact) mass is 315 g/mol. The van der Waals surface area contributed by atoms with Gasteiger partial charge in [0.15, 0.2) is 5.75 Å². The van der Waals surface area contributed by atoms with Gasteiger partial charge >= 0.3 is 11.7 Å². The summed E-state index contributed by atoms with van der Waals surface area (Å²) in [6.07, 6.45) is 1.39. The number of nitro benzene ring substituents is 1. The maximum absolute atomic E-state index is 10.9. The Morgan fingerprint density at radius 3 is 2.78 bits per heavy atom. The first-order valence-electron chi connectivity index (χ1n) is 6.46. The van der Waals surface area contributed by atoms with E-state index in [9.17, 15) is 14.9 Å². The molecule has 0 aromatic heterocycles. The lowest BCUT2D eigenvalue weighted by Crippen LogP contribution is -1.98. The molecule has 0 aliphatic rings. The molecule has 0 radical (unpaired) electrons. The zero-order valence-electron chi connectivity index (χ0n) is 12.1. The zero-order chi connectivity index (χ0) is 16.8. The molecule has 0 heterocycles. The Balaban J connectivity index is 2.14. The lowest BCUT2D eigenvalue weighted by Gasteiger charge is -2.03. The van der Waals surface area contributed by atoms with Gasteiger partial charge in [-0.05, 0) is 30.3 Å². The summed E-state index contributed by atoms with van der Waals surface area (Å²) in [5.41, 5.74) is 3.63. The molecule has 2 aromatic rings. The molecule has 2 rings (SSSR count). The van der Waals surface area contributed by atoms with E-state index in [-0.39, 0.29) is 17.0 Å². The van der Waals surface area contributed by atoms with E-state index >= 15 is 0 Å². The Labute approximate surface area is 131 Å². The van der Waals surface area contributed by atoms with Crippen LogP contribution in [0.15, 0.2) is 47.6 Å². The summed E-state index contributed by atoms with van der Waals surface area (Å²) in [5.74, 6) is -0.877. The van der Waals surface area contributed by atoms with Crippen molar-refractivity contribution >= 4 is 23.6 Å². The van der Waals surface area contributed by atoms with Crippen molar-refractivity contribution in [1.29, 1.82) is 0 Å². The summed E-state index contributed by atoms with van der Waals surface area (Å²) in [6, 6.07) is 10.5. The Morgan fingerprint density at radius 2 is 2.13 bits per heavy atom. The molecule has 2 aromatic carbocycles. The van der Waals surface area contributed by atoms with Crippen LogP contribution in [0.2, 0.25) is 0 Å². The number of anilines is 1. The molecule has 8 heteroatoms. The normalized spacial score (nSPS) is 10.5. The number of hydrazone groups is 1. The van der Waals surface area contributed by atoms with Gasteiger partial charge in [0.05, 0.1) is 29.5 Å². The van der Waals surface area contributed by atoms with Gasteiger partial charge in [-0.2, -0.15) is 5.10 Å². The average Bonchev–Trinajstić information content (AvgIpc) is 2.55. The van der Waals surface area contributed by atoms with Gasteiger partial charge < -0.3 is 9.84 Å². The van der Waals surface area contributed by atoms with Crippen LogP contribution in [0.3, 0.4) is 0 Å². The maximum Gasteiger partial charge on any atom is 0.335 e. The summed E-state index contributed by atoms with van der Waals surface area (Å²) >= 11 is 0. The molecule has 0 aliphatic carbocycles. The predicted molar refractivity (Wildman–Crippen MR) is 84.3 cm³/mol. The van der Waals surface area contributed by atoms with E-state index in [1.807, 2.05) is 0 Å². The maximum atomic E-state index is 10.9. The van der Waals surface area contributed by atoms with Gasteiger partial charge in [-0.1, -0.05) is 6.07 Å². The van der Waals surface area contributed by atoms with Crippen molar-refractivity contribution in [1.82, 2.24) is 0 Å². The summed E-state index contributed by atoms with van der Waals surface area (Å²) in [6.45, 7) is 0. The van der Waals surface area contributed by atoms with E-state index in [0.717, 1.165) is 0 Å². The van der Waals surface area contributed by atoms with Gasteiger partial charge in [0, 0.05) is 11.6 Å². The fourth-order valence-electron chi connectivity index (χ4n) is 1.83. The molecule has 0 saturated carbocycles. The van der Waals surface area contributed by atoms with Crippen LogP contribution in [0.25, 0.3) is 0 Å². The van der Waals surface area contributed by atoms with Crippen LogP contribution in [0.1, 0.15) is 15.9 Å². The zero-order valence-corrected chi connectivity index (χ0v) is 12.1. The van der Waals surface area contributed by atoms with Crippen molar-refractivity contribution in [2.24, 2.45) is 5.10 Å². The highest BCUT2D eigenvalue weighted by Crippen LogP contribution is 2.26. The van der Waals surface area contributed by atoms with E-state index in [2.05, 4.69) is 10.5 Å². The third-order valence-corrected chi connectivity index (χ3v) is 2.92. The smallest absolute Gasteiger partial charge is 0.335 e. The fourth-order valence-corrected chi connectivity index (χ4v) is 1.83. The minimum absolute atomic E-state index is 0.130. The number of carbonyl (C=O) groups is 1. The Bertz CT molecular complexity index is 773. The molecule has 23 heavy (non-hydrogen) atoms. The molecule has 0 bridgehead atoms. The van der Waals surface area contributed by atoms with Crippen molar-refractivity contribution in [3.63, 3.8) is 0 Å². The van der Waals surface area contributed by atoms with E-state index < -0.39 is 10.9 Å². The van der Waals surface area contributed by atoms with Crippen LogP contribution in [-0.4, -0.2) is 29.3 Å². The quantitative estimate of drug-likeness (QED) is 0.481. The first-order valence-corrected chi connectivity index (χ1v) is 6.46. The van der Waals surface area contributed by atoms with Crippen LogP contribution >= 0.6 is 0 Å². The number of ether oxygens (including phenoxy) is 1. The van der Waals surface area contributed by atoms with Gasteiger partial charge in [0.1, 0.15) is 0 Å². The molecule has 2 N–H and O–H groups in total. The average molecular weight is 315 g/mol. The highest BCUT2D eigenvalue weighted by atomic mass is 16.6. The van der Waals surface area contributed by atoms with Crippen LogP contribution in [-0.2, 0) is 0 Å². The minimum atomic E-state index is -1.04. The number of carboxylic acids is 1. The van der Waals surface area contributed by atoms with E-state index in [4.69, 9.17) is 9.84 Å². The predicted octanol–water partition coefficient (Wildman–Crippen LogP) is 2.75. The first-order chi connectivity index (χ1) is 11.0. The Morgan fingerprint density at radius 1 is 1.35 bits per heavy atom. The van der Waals surface area contributed by atoms with Gasteiger partial charge in [-0.15, -0.1) is 0 Å². The second kappa shape index (κ2) is 7.03. The standard InChI is InChI=1S/C15H13N3O5/c1-23-14-6-5-10(7-13(14)18(21)22)9-16-17-12-4-2-3-11(8-12)15(19)20/h2-9,17H,1H3,(H,19,20). The van der Waals surface area contributed by atoms with E-state index in [0.29, 0.717) is 11.3 Å². The SMILES string of the molecule is COc1ccc(C=NNc2cccc(C(=O)O)c2)cc1[N+](=O)[O-]. The molecule has 0 saturated heterocycles. The lowest BCUT2D eigenvalue weighted by atomic mass is 10.2. The van der Waals surface area contributed by atoms with Gasteiger partial charge in [-0.3, -0.25) is 15.5 Å². The number of benzene rings is 2. The second-order valence-corrected chi connectivity index (χ2v) is 4.44. The summed E-state index contributed by atoms with van der Waals surface area (Å²) < 4.78 is 4.91. The molecule has 0 unspecified atom stereocenters. The summed E-state index contributed by atoms with van der Waals surface area (Å²) in [4.78, 5) is 21.3. The number of hydrogen-bond donors (Lipinski definition) is 2. The molecule has 118 valence electrons. The number of hydrogen-bond acceptors (Lipinski definition) is 6. The van der Waals surface area contributed by atoms with Crippen LogP contribution < -0.4 is 10.2 Å². The van der Waals surface area contributed by atoms with E-state index in [1.165, 1.54) is 37.6 Å². The fraction of sp³-hybridized carbons (Fsp3) is 0.0667. The summed E-state index contributed by atoms with van der Waals surface area (Å²) in [7, 11) is 1.35. The minimum Gasteiger partial charge on any atom is -0.490 e. The molecule has 0 amide bonds. The van der Waals surface area contributed by atoms with Crippen molar-refractivity contribution in [2.75, 3.05) is 12.5 Å². The third-order valence-electron chi connectivity index (χ3n) is 2.92. The number of aromatic carboxylic acids is 1. The molecule has 0 spiro atoms. The number of rotatable bonds is 6. The lowest BCUT2D eigenvalue weighted by molar-refractivity contribution is -0.385. The molecular formula is C15H13N3O5. The third kappa shape index (κ3) is 4.03. The van der Waals surface area contributed by atoms with Crippen LogP contribution in [0.4, 0.5) is 11.4 Å². The Hall–Kier alpha value is -3.42. The highest BCUT2D eigenvalue weighted by Gasteiger charge is 2.14. The van der Waals surface area contributed by atoms with Crippen molar-refractivity contribution in [2.45, 2.75) is 0 Å². The largest absolute Gasteiger partial charge is 0.490 e. The molecule has 0 atom stereocenters. The van der Waals surface area contributed by atoms with Crippen LogP contribution in [0.5, 0.6) is 5.75 Å². The number of methoxy groups -OCH3 is 1. The van der Waals surface area contributed by atoms with Crippen LogP contribution in [0, 0.1) is 10.1 Å². The number of carboxylic acid groups (broad SMARTS) is 1. The topological polar surface area (TPSA) is 114 Å². The first kappa shape index (κ1) is 16.0. The van der Waals surface area contributed by atoms with Gasteiger partial charge in [-0.25, -0.2) is 4.79 Å². The van der Waals surface area contributed by atoms with Crippen molar-refractivity contribution in [3.8, 4) is 5.75 Å². The molecule has 8 nitrogen and oxygen atoms in total. The second-order valence-electron chi connectivity index (χ2n) is 4.44. The van der Waals surface area contributed by atoms with Gasteiger partial charge in [0.2, 0.25) is 0 Å². The Kier molecular flexibility index (Phi) is 4.88. The molecule has 0 aliphatic heterocycles. The van der Waals surface area contributed by atoms with Gasteiger partial charge in [0.25, 0.3) is 0 Å². The van der Waals surface area contributed by atoms with E-state index in [1.54, 1.807) is 18.2 Å². The van der Waals surface area contributed by atoms with Crippen molar-refractivity contribution in [3.05, 3.63) is 63.7 Å². The summed E-state index contributed by atoms with van der Waals surface area (Å²) in [5, 5.41) is 23.8.